The van der Waals surface area contributed by atoms with E-state index in [2.05, 4.69) is 9.97 Å². The van der Waals surface area contributed by atoms with Gasteiger partial charge in [-0.1, -0.05) is 48.5 Å². The van der Waals surface area contributed by atoms with Crippen LogP contribution in [0.3, 0.4) is 0 Å². The number of fused-ring (bicyclic) bond motifs is 8. The van der Waals surface area contributed by atoms with E-state index in [4.69, 9.17) is 9.97 Å². The Morgan fingerprint density at radius 2 is 0.493 bits per heavy atom. The van der Waals surface area contributed by atoms with E-state index < -0.39 is 60.1 Å². The molecule has 23 heteroatoms. The van der Waals surface area contributed by atoms with Gasteiger partial charge in [0.1, 0.15) is 40.5 Å². The molecule has 329 valence electrons. The van der Waals surface area contributed by atoms with Crippen LogP contribution >= 0.6 is 0 Å². The maximum atomic E-state index is 11.9. The van der Waals surface area contributed by atoms with Crippen molar-refractivity contribution in [2.24, 2.45) is 0 Å². The average Bonchev–Trinajstić information content (AvgIpc) is 4.08. The zero-order chi connectivity index (χ0) is 45.3. The Morgan fingerprint density at radius 3 is 0.657 bits per heavy atom. The van der Waals surface area contributed by atoms with E-state index in [0.717, 1.165) is 0 Å². The van der Waals surface area contributed by atoms with Crippen LogP contribution in [0.2, 0.25) is 0 Å². The fourth-order valence-electron chi connectivity index (χ4n) is 7.57. The molecule has 0 saturated carbocycles. The Bertz CT molecular complexity index is 3320. The number of benzene rings is 4. The molecule has 0 atom stereocenters. The van der Waals surface area contributed by atoms with Crippen molar-refractivity contribution in [3.63, 3.8) is 0 Å². The summed E-state index contributed by atoms with van der Waals surface area (Å²) in [4.78, 5) is 15.0. The second-order valence-corrected chi connectivity index (χ2v) is 19.9. The molecule has 2 aliphatic rings. The molecule has 2 aliphatic heterocycles. The minimum Gasteiger partial charge on any atom is -0.744 e. The number of nitrogens with one attached hydrogen (secondary N) is 2. The molecule has 67 heavy (non-hydrogen) atoms. The molecule has 4 aromatic carbocycles. The summed E-state index contributed by atoms with van der Waals surface area (Å²) in [6, 6.07) is 27.8. The smallest absolute Gasteiger partial charge is 0.744 e. The third-order valence-corrected chi connectivity index (χ3v) is 13.9. The van der Waals surface area contributed by atoms with Crippen molar-refractivity contribution in [1.82, 2.24) is 19.9 Å². The Morgan fingerprint density at radius 1 is 0.313 bits per heavy atom. The Labute approximate surface area is 438 Å². The number of nitrogens with zero attached hydrogens (tertiary/aromatic N) is 2. The second-order valence-electron chi connectivity index (χ2n) is 14.4. The minimum atomic E-state index is -4.81. The van der Waals surface area contributed by atoms with Crippen LogP contribution in [-0.4, -0.2) is 71.8 Å². The molecule has 1 radical (unpaired) electrons. The number of rotatable bonds is 8. The molecule has 0 spiro atoms. The van der Waals surface area contributed by atoms with Crippen molar-refractivity contribution in [2.45, 2.75) is 19.6 Å². The van der Waals surface area contributed by atoms with Gasteiger partial charge in [0.15, 0.2) is 0 Å². The Balaban J connectivity index is 0.00000247. The molecule has 0 aliphatic carbocycles. The summed E-state index contributed by atoms with van der Waals surface area (Å²) in [5.74, 6) is 0. The monoisotopic (exact) mass is 1030 g/mol. The molecule has 0 unspecified atom stereocenters. The summed E-state index contributed by atoms with van der Waals surface area (Å²) in [7, 11) is -19.2. The summed E-state index contributed by atoms with van der Waals surface area (Å²) in [5, 5.41) is 0. The molecule has 7 aromatic rings. The van der Waals surface area contributed by atoms with E-state index in [-0.39, 0.29) is 75.9 Å². The van der Waals surface area contributed by atoms with Crippen molar-refractivity contribution in [3.8, 4) is 44.5 Å². The van der Waals surface area contributed by atoms with Crippen molar-refractivity contribution < 1.29 is 128 Å². The summed E-state index contributed by atoms with van der Waals surface area (Å²) in [6.45, 7) is 0. The van der Waals surface area contributed by atoms with Crippen molar-refractivity contribution in [2.75, 3.05) is 0 Å². The van der Waals surface area contributed by atoms with Crippen molar-refractivity contribution in [1.29, 1.82) is 0 Å². The van der Waals surface area contributed by atoms with Gasteiger partial charge in [-0.25, -0.2) is 43.6 Å². The van der Waals surface area contributed by atoms with Crippen molar-refractivity contribution >= 4 is 86.8 Å². The average molecular weight is 1040 g/mol. The van der Waals surface area contributed by atoms with Gasteiger partial charge in [-0.05, 0) is 119 Å². The summed E-state index contributed by atoms with van der Waals surface area (Å²) < 4.78 is 143. The van der Waals surface area contributed by atoms with E-state index in [1.165, 1.54) is 97.1 Å². The molecular formula is C44H26CoN4Na2O12S4. The van der Waals surface area contributed by atoms with Crippen LogP contribution in [-0.2, 0) is 57.3 Å². The van der Waals surface area contributed by atoms with E-state index in [0.29, 0.717) is 89.4 Å². The SMILES string of the molecule is O=S(=O)([O-])c1ccc(-c2c3nc(c(-c4ccc(S(=O)(=O)[O-])cc4)c4ccc([nH]4)c(-c4ccc(S(=O)(=O)[O-])cc4)c4nc(c(-c5ccc(S(=O)(=O)[O-])cc5)c5ccc2[nH]5)C=C4)C=C3)cc1.[Co+2].[Na+].[Na+]. The second kappa shape index (κ2) is 19.6. The summed E-state index contributed by atoms with van der Waals surface area (Å²) >= 11 is 0. The Hall–Kier alpha value is -4.37. The van der Waals surface area contributed by atoms with E-state index in [1.54, 1.807) is 48.6 Å². The summed E-state index contributed by atoms with van der Waals surface area (Å²) in [6.07, 6.45) is 6.79. The van der Waals surface area contributed by atoms with Gasteiger partial charge in [0.2, 0.25) is 0 Å². The third kappa shape index (κ3) is 10.6. The molecule has 2 N–H and O–H groups in total. The molecule has 0 amide bonds. The molecule has 9 rings (SSSR count). The first-order chi connectivity index (χ1) is 30.2. The quantitative estimate of drug-likeness (QED) is 0.158. The fraction of sp³-hybridized carbons (Fsp3) is 0. The largest absolute Gasteiger partial charge is 2.00 e. The maximum absolute atomic E-state index is 11.9. The predicted octanol–water partition coefficient (Wildman–Crippen LogP) is 0.946. The Kier molecular flexibility index (Phi) is 15.2. The number of aromatic amines is 2. The first-order valence-electron chi connectivity index (χ1n) is 18.6. The first-order valence-corrected chi connectivity index (χ1v) is 24.3. The molecule has 3 aromatic heterocycles. The first kappa shape index (κ1) is 52.0. The van der Waals surface area contributed by atoms with Crippen LogP contribution in [0, 0.1) is 0 Å². The van der Waals surface area contributed by atoms with Crippen LogP contribution < -0.4 is 59.1 Å². The van der Waals surface area contributed by atoms with Gasteiger partial charge in [-0.15, -0.1) is 0 Å². The van der Waals surface area contributed by atoms with Gasteiger partial charge in [0, 0.05) is 44.3 Å². The van der Waals surface area contributed by atoms with Crippen LogP contribution in [0.5, 0.6) is 0 Å². The fourth-order valence-corrected chi connectivity index (χ4v) is 9.45. The van der Waals surface area contributed by atoms with Crippen LogP contribution in [0.1, 0.15) is 22.8 Å². The van der Waals surface area contributed by atoms with E-state index in [1.807, 2.05) is 0 Å². The van der Waals surface area contributed by atoms with Gasteiger partial charge in [-0.2, -0.15) is 0 Å². The zero-order valence-electron chi connectivity index (χ0n) is 34.6. The molecule has 0 saturated heterocycles. The van der Waals surface area contributed by atoms with E-state index in [9.17, 15) is 51.9 Å². The summed E-state index contributed by atoms with van der Waals surface area (Å²) in [5.41, 5.74) is 6.76. The number of hydrogen-bond acceptors (Lipinski definition) is 14. The molecule has 0 fully saturated rings. The maximum Gasteiger partial charge on any atom is 2.00 e. The standard InChI is InChI=1S/C44H30N4O12S4.Co.2Na/c49-61(50,51)29-9-1-25(2-10-29)41-33-17-19-35(45-33)42(26-3-11-30(12-4-26)62(52,53)54)37-21-23-39(47-37)44(28-7-15-32(16-8-28)64(58,59)60)40-24-22-38(48-40)43(36-20-18-34(41)46-36)27-5-13-31(14-6-27)63(55,56)57;;;/h1-24,45,48H,(H,49,50,51)(H,52,53,54)(H,55,56,57)(H,58,59,60);;;/q;+2;2*+1/p-4. The molecular weight excluding hydrogens is 1010 g/mol. The molecule has 5 heterocycles. The zero-order valence-corrected chi connectivity index (χ0v) is 42.9. The predicted molar refractivity (Wildman–Crippen MR) is 232 cm³/mol. The van der Waals surface area contributed by atoms with Gasteiger partial charge in [-0.3, -0.25) is 0 Å². The van der Waals surface area contributed by atoms with Gasteiger partial charge in [0.25, 0.3) is 0 Å². The minimum absolute atomic E-state index is 0. The van der Waals surface area contributed by atoms with Crippen LogP contribution in [0.15, 0.2) is 141 Å². The van der Waals surface area contributed by atoms with Crippen LogP contribution in [0.4, 0.5) is 0 Å². The number of hydrogen-bond donors (Lipinski definition) is 2. The topological polar surface area (TPSA) is 286 Å². The number of aromatic nitrogens is 4. The normalized spacial score (nSPS) is 12.5. The number of H-pyrrole nitrogens is 2. The van der Waals surface area contributed by atoms with Gasteiger partial charge in [0.05, 0.1) is 42.4 Å². The van der Waals surface area contributed by atoms with Crippen LogP contribution in [0.25, 0.3) is 90.9 Å². The van der Waals surface area contributed by atoms with Gasteiger partial charge < -0.3 is 28.2 Å². The van der Waals surface area contributed by atoms with Crippen molar-refractivity contribution in [3.05, 3.63) is 144 Å². The molecule has 16 nitrogen and oxygen atoms in total. The van der Waals surface area contributed by atoms with E-state index >= 15 is 0 Å². The third-order valence-electron chi connectivity index (χ3n) is 10.5. The van der Waals surface area contributed by atoms with Gasteiger partial charge >= 0.3 is 75.9 Å². The molecule has 8 bridgehead atoms.